The highest BCUT2D eigenvalue weighted by atomic mass is 28.3. The summed E-state index contributed by atoms with van der Waals surface area (Å²) >= 11 is 0. The molecule has 0 aliphatic carbocycles. The van der Waals surface area contributed by atoms with E-state index in [2.05, 4.69) is 26.2 Å². The molecule has 0 saturated carbocycles. The Balaban J connectivity index is 4.63. The van der Waals surface area contributed by atoms with Gasteiger partial charge in [-0.3, -0.25) is 4.79 Å². The summed E-state index contributed by atoms with van der Waals surface area (Å²) in [5, 5.41) is 0. The van der Waals surface area contributed by atoms with Crippen LogP contribution in [0.4, 0.5) is 0 Å². The summed E-state index contributed by atoms with van der Waals surface area (Å²) in [4.78, 5) is 11.7. The molecule has 0 aromatic carbocycles. The maximum Gasteiger partial charge on any atom is 0.315 e. The van der Waals surface area contributed by atoms with Gasteiger partial charge in [0.15, 0.2) is 0 Å². The van der Waals surface area contributed by atoms with E-state index in [1.54, 1.807) is 6.08 Å². The predicted octanol–water partition coefficient (Wildman–Crippen LogP) is 3.08. The van der Waals surface area contributed by atoms with Crippen LogP contribution in [0.15, 0.2) is 12.7 Å². The fraction of sp³-hybridized carbons (Fsp3) is 0.727. The van der Waals surface area contributed by atoms with Gasteiger partial charge < -0.3 is 4.74 Å². The van der Waals surface area contributed by atoms with Gasteiger partial charge in [-0.15, -0.1) is 6.58 Å². The van der Waals surface area contributed by atoms with Crippen molar-refractivity contribution in [2.75, 3.05) is 6.61 Å². The fourth-order valence-corrected chi connectivity index (χ4v) is 4.12. The number of ether oxygens (including phenoxy) is 1. The highest BCUT2D eigenvalue weighted by molar-refractivity contribution is 6.76. The Morgan fingerprint density at radius 3 is 2.29 bits per heavy atom. The molecule has 0 rings (SSSR count). The number of hydrogen-bond acceptors (Lipinski definition) is 2. The van der Waals surface area contributed by atoms with E-state index in [9.17, 15) is 4.79 Å². The van der Waals surface area contributed by atoms with Crippen molar-refractivity contribution in [2.45, 2.75) is 39.5 Å². The Labute approximate surface area is 88.4 Å². The highest BCUT2D eigenvalue weighted by Gasteiger charge is 2.36. The highest BCUT2D eigenvalue weighted by Crippen LogP contribution is 2.31. The van der Waals surface area contributed by atoms with Gasteiger partial charge in [0, 0.05) is 8.07 Å². The second-order valence-corrected chi connectivity index (χ2v) is 10.6. The summed E-state index contributed by atoms with van der Waals surface area (Å²) in [5.74, 6) is -0.141. The van der Waals surface area contributed by atoms with Crippen LogP contribution >= 0.6 is 0 Å². The summed E-state index contributed by atoms with van der Waals surface area (Å²) in [7, 11) is -1.28. The molecule has 0 aliphatic heterocycles. The fourth-order valence-electron chi connectivity index (χ4n) is 1.63. The third-order valence-corrected chi connectivity index (χ3v) is 3.88. The molecule has 1 unspecified atom stereocenters. The van der Waals surface area contributed by atoms with Gasteiger partial charge in [-0.1, -0.05) is 25.7 Å². The van der Waals surface area contributed by atoms with Crippen LogP contribution in [0.25, 0.3) is 0 Å². The molecule has 0 radical (unpaired) electrons. The van der Waals surface area contributed by atoms with Crippen molar-refractivity contribution in [3.05, 3.63) is 12.7 Å². The van der Waals surface area contributed by atoms with Crippen LogP contribution in [0.2, 0.25) is 25.7 Å². The molecule has 3 heteroatoms. The largest absolute Gasteiger partial charge is 0.465 e. The number of carbonyl (C=O) groups is 1. The summed E-state index contributed by atoms with van der Waals surface area (Å²) in [5.41, 5.74) is -0.500. The maximum absolute atomic E-state index is 11.7. The van der Waals surface area contributed by atoms with Gasteiger partial charge in [0.25, 0.3) is 0 Å². The lowest BCUT2D eigenvalue weighted by Crippen LogP contribution is -2.36. The van der Waals surface area contributed by atoms with E-state index >= 15 is 0 Å². The van der Waals surface area contributed by atoms with Gasteiger partial charge in [0.05, 0.1) is 12.0 Å². The average molecular weight is 214 g/mol. The van der Waals surface area contributed by atoms with Crippen molar-refractivity contribution < 1.29 is 9.53 Å². The zero-order chi connectivity index (χ0) is 11.4. The Kier molecular flexibility index (Phi) is 4.58. The quantitative estimate of drug-likeness (QED) is 0.399. The van der Waals surface area contributed by atoms with Crippen LogP contribution in [0.5, 0.6) is 0 Å². The molecule has 1 atom stereocenters. The Morgan fingerprint density at radius 1 is 1.50 bits per heavy atom. The van der Waals surface area contributed by atoms with Gasteiger partial charge in [-0.2, -0.15) is 0 Å². The molecular formula is C11H22O2Si. The van der Waals surface area contributed by atoms with Gasteiger partial charge in [-0.05, 0) is 19.9 Å². The van der Waals surface area contributed by atoms with Crippen molar-refractivity contribution >= 4 is 14.0 Å². The molecule has 14 heavy (non-hydrogen) atoms. The molecule has 0 fully saturated rings. The zero-order valence-electron chi connectivity index (χ0n) is 10.0. The molecule has 0 spiro atoms. The van der Waals surface area contributed by atoms with E-state index in [0.29, 0.717) is 6.61 Å². The molecule has 0 heterocycles. The van der Waals surface area contributed by atoms with Crippen LogP contribution in [0.1, 0.15) is 13.8 Å². The van der Waals surface area contributed by atoms with E-state index < -0.39 is 13.5 Å². The van der Waals surface area contributed by atoms with Crippen molar-refractivity contribution in [2.24, 2.45) is 5.41 Å². The molecule has 0 aromatic heterocycles. The first-order chi connectivity index (χ1) is 6.25. The molecule has 0 N–H and O–H groups in total. The van der Waals surface area contributed by atoms with Crippen molar-refractivity contribution in [1.82, 2.24) is 0 Å². The van der Waals surface area contributed by atoms with Crippen molar-refractivity contribution in [3.8, 4) is 0 Å². The molecule has 82 valence electrons. The van der Waals surface area contributed by atoms with E-state index in [-0.39, 0.29) is 5.97 Å². The standard InChI is InChI=1S/C11H22O2Si/c1-7-11(3,9-14(4,5)6)10(12)13-8-2/h7H,1,8-9H2,2-6H3. The van der Waals surface area contributed by atoms with E-state index in [4.69, 9.17) is 4.74 Å². The summed E-state index contributed by atoms with van der Waals surface area (Å²) in [6, 6.07) is 0.891. The molecule has 0 aliphatic rings. The minimum Gasteiger partial charge on any atom is -0.465 e. The van der Waals surface area contributed by atoms with Crippen LogP contribution in [-0.4, -0.2) is 20.7 Å². The summed E-state index contributed by atoms with van der Waals surface area (Å²) in [6.45, 7) is 14.7. The van der Waals surface area contributed by atoms with E-state index in [1.807, 2.05) is 13.8 Å². The molecule has 0 bridgehead atoms. The molecule has 0 saturated heterocycles. The van der Waals surface area contributed by atoms with Crippen LogP contribution < -0.4 is 0 Å². The lowest BCUT2D eigenvalue weighted by atomic mass is 9.94. The first-order valence-electron chi connectivity index (χ1n) is 5.06. The molecule has 0 amide bonds. The Hall–Kier alpha value is -0.573. The Morgan fingerprint density at radius 2 is 2.00 bits per heavy atom. The third-order valence-electron chi connectivity index (χ3n) is 2.09. The minimum absolute atomic E-state index is 0.141. The minimum atomic E-state index is -1.28. The molecular weight excluding hydrogens is 192 g/mol. The topological polar surface area (TPSA) is 26.3 Å². The van der Waals surface area contributed by atoms with Gasteiger partial charge in [-0.25, -0.2) is 0 Å². The normalized spacial score (nSPS) is 15.8. The van der Waals surface area contributed by atoms with E-state index in [0.717, 1.165) is 6.04 Å². The number of hydrogen-bond donors (Lipinski definition) is 0. The average Bonchev–Trinajstić information content (AvgIpc) is 2.01. The molecule has 2 nitrogen and oxygen atoms in total. The number of rotatable bonds is 5. The van der Waals surface area contributed by atoms with Gasteiger partial charge >= 0.3 is 5.97 Å². The number of carbonyl (C=O) groups excluding carboxylic acids is 1. The zero-order valence-corrected chi connectivity index (χ0v) is 11.0. The second kappa shape index (κ2) is 4.78. The summed E-state index contributed by atoms with van der Waals surface area (Å²) < 4.78 is 5.06. The number of esters is 1. The van der Waals surface area contributed by atoms with Crippen LogP contribution in [0, 0.1) is 5.41 Å². The predicted molar refractivity (Wildman–Crippen MR) is 63.1 cm³/mol. The second-order valence-electron chi connectivity index (χ2n) is 5.08. The van der Waals surface area contributed by atoms with Gasteiger partial charge in [0.2, 0.25) is 0 Å². The van der Waals surface area contributed by atoms with Gasteiger partial charge in [0.1, 0.15) is 0 Å². The smallest absolute Gasteiger partial charge is 0.315 e. The first kappa shape index (κ1) is 13.4. The molecule has 0 aromatic rings. The lowest BCUT2D eigenvalue weighted by Gasteiger charge is -2.29. The summed E-state index contributed by atoms with van der Waals surface area (Å²) in [6.07, 6.45) is 1.73. The Bertz CT molecular complexity index is 218. The van der Waals surface area contributed by atoms with Crippen molar-refractivity contribution in [3.63, 3.8) is 0 Å². The van der Waals surface area contributed by atoms with Crippen molar-refractivity contribution in [1.29, 1.82) is 0 Å². The van der Waals surface area contributed by atoms with Crippen LogP contribution in [-0.2, 0) is 9.53 Å². The van der Waals surface area contributed by atoms with Crippen LogP contribution in [0.3, 0.4) is 0 Å². The maximum atomic E-state index is 11.7. The SMILES string of the molecule is C=CC(C)(C[Si](C)(C)C)C(=O)OCC. The lowest BCUT2D eigenvalue weighted by molar-refractivity contribution is -0.150. The third kappa shape index (κ3) is 4.09. The first-order valence-corrected chi connectivity index (χ1v) is 8.77. The monoisotopic (exact) mass is 214 g/mol. The van der Waals surface area contributed by atoms with E-state index in [1.165, 1.54) is 0 Å².